The molecule has 0 unspecified atom stereocenters. The molecule has 1 aliphatic rings. The first-order valence-electron chi connectivity index (χ1n) is 5.85. The Morgan fingerprint density at radius 1 is 1.31 bits per heavy atom. The highest BCUT2D eigenvalue weighted by atomic mass is 32.2. The predicted octanol–water partition coefficient (Wildman–Crippen LogP) is 0.783. The first kappa shape index (κ1) is 13.9. The van der Waals surface area contributed by atoms with E-state index in [2.05, 4.69) is 4.72 Å². The summed E-state index contributed by atoms with van der Waals surface area (Å²) in [6, 6.07) is -0.0524. The highest BCUT2D eigenvalue weighted by Gasteiger charge is 2.27. The maximum Gasteiger partial charge on any atom is 0.211 e. The summed E-state index contributed by atoms with van der Waals surface area (Å²) in [6.45, 7) is -0.0812. The Kier molecular flexibility index (Phi) is 5.64. The van der Waals surface area contributed by atoms with Gasteiger partial charge in [0.2, 0.25) is 10.0 Å². The molecule has 0 aromatic rings. The zero-order valence-corrected chi connectivity index (χ0v) is 10.3. The van der Waals surface area contributed by atoms with Crippen molar-refractivity contribution >= 4 is 10.0 Å². The third-order valence-electron chi connectivity index (χ3n) is 3.09. The second kappa shape index (κ2) is 6.51. The minimum atomic E-state index is -3.33. The van der Waals surface area contributed by atoms with Crippen LogP contribution >= 0.6 is 0 Å². The van der Waals surface area contributed by atoms with Crippen LogP contribution in [-0.2, 0) is 10.0 Å². The van der Waals surface area contributed by atoms with Crippen LogP contribution in [0.2, 0.25) is 0 Å². The second-order valence-electron chi connectivity index (χ2n) is 4.37. The Morgan fingerprint density at radius 2 is 2.00 bits per heavy atom. The van der Waals surface area contributed by atoms with Crippen LogP contribution in [0, 0.1) is 5.92 Å². The Labute approximate surface area is 96.8 Å². The molecule has 3 N–H and O–H groups in total. The van der Waals surface area contributed by atoms with Gasteiger partial charge in [-0.3, -0.25) is 4.39 Å². The lowest BCUT2D eigenvalue weighted by Crippen LogP contribution is -2.45. The minimum Gasteiger partial charge on any atom is -0.330 e. The van der Waals surface area contributed by atoms with Crippen LogP contribution in [0.1, 0.15) is 32.1 Å². The van der Waals surface area contributed by atoms with Crippen molar-refractivity contribution in [3.8, 4) is 0 Å². The standard InChI is InChI=1S/C10H21FN2O2S/c11-6-3-7-16(14,15)13-10-5-2-1-4-9(10)8-12/h9-10,13H,1-8,12H2/t9-,10+/m1/s1. The number of nitrogens with one attached hydrogen (secondary N) is 1. The number of sulfonamides is 1. The molecular formula is C10H21FN2O2S. The summed E-state index contributed by atoms with van der Waals surface area (Å²) in [5, 5.41) is 0. The molecule has 0 heterocycles. The minimum absolute atomic E-state index is 0.0524. The molecule has 96 valence electrons. The number of hydrogen-bond donors (Lipinski definition) is 2. The van der Waals surface area contributed by atoms with E-state index in [1.54, 1.807) is 0 Å². The van der Waals surface area contributed by atoms with Crippen LogP contribution in [0.25, 0.3) is 0 Å². The second-order valence-corrected chi connectivity index (χ2v) is 6.24. The van der Waals surface area contributed by atoms with Gasteiger partial charge in [0.25, 0.3) is 0 Å². The maximum absolute atomic E-state index is 11.9. The molecule has 1 aliphatic carbocycles. The molecule has 1 saturated carbocycles. The first-order chi connectivity index (χ1) is 7.59. The maximum atomic E-state index is 11.9. The Hall–Kier alpha value is -0.200. The summed E-state index contributed by atoms with van der Waals surface area (Å²) in [7, 11) is -3.33. The van der Waals surface area contributed by atoms with Crippen LogP contribution in [-0.4, -0.2) is 33.4 Å². The normalized spacial score (nSPS) is 26.9. The van der Waals surface area contributed by atoms with Crippen molar-refractivity contribution in [1.82, 2.24) is 4.72 Å². The van der Waals surface area contributed by atoms with Crippen molar-refractivity contribution in [3.63, 3.8) is 0 Å². The van der Waals surface area contributed by atoms with Gasteiger partial charge in [0.05, 0.1) is 12.4 Å². The van der Waals surface area contributed by atoms with Gasteiger partial charge in [-0.2, -0.15) is 0 Å². The molecule has 1 fully saturated rings. The first-order valence-corrected chi connectivity index (χ1v) is 7.50. The number of nitrogens with two attached hydrogens (primary N) is 1. The molecule has 0 amide bonds. The largest absolute Gasteiger partial charge is 0.330 e. The fourth-order valence-electron chi connectivity index (χ4n) is 2.18. The van der Waals surface area contributed by atoms with Gasteiger partial charge in [0, 0.05) is 6.04 Å². The smallest absolute Gasteiger partial charge is 0.211 e. The van der Waals surface area contributed by atoms with Crippen LogP contribution in [0.15, 0.2) is 0 Å². The molecule has 0 saturated heterocycles. The summed E-state index contributed by atoms with van der Waals surface area (Å²) in [5.74, 6) is 0.103. The zero-order chi connectivity index (χ0) is 12.0. The molecule has 4 nitrogen and oxygen atoms in total. The van der Waals surface area contributed by atoms with Gasteiger partial charge in [-0.25, -0.2) is 13.1 Å². The topological polar surface area (TPSA) is 72.2 Å². The Morgan fingerprint density at radius 3 is 2.62 bits per heavy atom. The highest BCUT2D eigenvalue weighted by molar-refractivity contribution is 7.89. The number of rotatable bonds is 6. The van der Waals surface area contributed by atoms with Crippen molar-refractivity contribution in [2.45, 2.75) is 38.1 Å². The molecule has 2 atom stereocenters. The molecule has 6 heteroatoms. The monoisotopic (exact) mass is 252 g/mol. The number of hydrogen-bond acceptors (Lipinski definition) is 3. The average molecular weight is 252 g/mol. The average Bonchev–Trinajstić information content (AvgIpc) is 2.27. The predicted molar refractivity (Wildman–Crippen MR) is 62.3 cm³/mol. The summed E-state index contributed by atoms with van der Waals surface area (Å²) < 4.78 is 37.8. The SMILES string of the molecule is NC[C@H]1CCCC[C@@H]1NS(=O)(=O)CCCF. The molecule has 0 aliphatic heterocycles. The molecule has 0 aromatic carbocycles. The van der Waals surface area contributed by atoms with Crippen LogP contribution in [0.3, 0.4) is 0 Å². The van der Waals surface area contributed by atoms with E-state index < -0.39 is 16.7 Å². The molecule has 0 bridgehead atoms. The lowest BCUT2D eigenvalue weighted by atomic mass is 9.85. The van der Waals surface area contributed by atoms with E-state index in [0.29, 0.717) is 6.54 Å². The van der Waals surface area contributed by atoms with Crippen molar-refractivity contribution in [1.29, 1.82) is 0 Å². The molecule has 0 aromatic heterocycles. The van der Waals surface area contributed by atoms with Gasteiger partial charge in [0.15, 0.2) is 0 Å². The van der Waals surface area contributed by atoms with E-state index >= 15 is 0 Å². The van der Waals surface area contributed by atoms with Gasteiger partial charge in [-0.05, 0) is 31.7 Å². The van der Waals surface area contributed by atoms with Crippen molar-refractivity contribution in [2.75, 3.05) is 19.0 Å². The fourth-order valence-corrected chi connectivity index (χ4v) is 3.56. The van der Waals surface area contributed by atoms with E-state index in [-0.39, 0.29) is 24.1 Å². The van der Waals surface area contributed by atoms with Gasteiger partial charge in [0.1, 0.15) is 0 Å². The van der Waals surface area contributed by atoms with Crippen molar-refractivity contribution < 1.29 is 12.8 Å². The third-order valence-corrected chi connectivity index (χ3v) is 4.58. The summed E-state index contributed by atoms with van der Waals surface area (Å²) in [5.41, 5.74) is 5.62. The zero-order valence-electron chi connectivity index (χ0n) is 9.49. The molecule has 0 spiro atoms. The lowest BCUT2D eigenvalue weighted by Gasteiger charge is -2.30. The molecule has 16 heavy (non-hydrogen) atoms. The number of halogens is 1. The van der Waals surface area contributed by atoms with Gasteiger partial charge >= 0.3 is 0 Å². The van der Waals surface area contributed by atoms with E-state index in [9.17, 15) is 12.8 Å². The Bertz CT molecular complexity index is 295. The van der Waals surface area contributed by atoms with E-state index in [4.69, 9.17) is 5.73 Å². The van der Waals surface area contributed by atoms with Crippen LogP contribution < -0.4 is 10.5 Å². The molecular weight excluding hydrogens is 231 g/mol. The highest BCUT2D eigenvalue weighted by Crippen LogP contribution is 2.24. The summed E-state index contributed by atoms with van der Waals surface area (Å²) in [6.07, 6.45) is 4.04. The van der Waals surface area contributed by atoms with Gasteiger partial charge < -0.3 is 5.73 Å². The molecule has 0 radical (unpaired) electrons. The van der Waals surface area contributed by atoms with Crippen LogP contribution in [0.5, 0.6) is 0 Å². The van der Waals surface area contributed by atoms with Gasteiger partial charge in [-0.1, -0.05) is 12.8 Å². The van der Waals surface area contributed by atoms with E-state index in [0.717, 1.165) is 25.7 Å². The van der Waals surface area contributed by atoms with E-state index in [1.807, 2.05) is 0 Å². The fraction of sp³-hybridized carbons (Fsp3) is 1.00. The van der Waals surface area contributed by atoms with Crippen molar-refractivity contribution in [2.24, 2.45) is 11.7 Å². The van der Waals surface area contributed by atoms with Gasteiger partial charge in [-0.15, -0.1) is 0 Å². The number of alkyl halides is 1. The van der Waals surface area contributed by atoms with E-state index in [1.165, 1.54) is 0 Å². The molecule has 1 rings (SSSR count). The Balaban J connectivity index is 2.50. The third kappa shape index (κ3) is 4.35. The summed E-state index contributed by atoms with van der Waals surface area (Å²) >= 11 is 0. The van der Waals surface area contributed by atoms with Crippen LogP contribution in [0.4, 0.5) is 4.39 Å². The lowest BCUT2D eigenvalue weighted by molar-refractivity contribution is 0.296. The van der Waals surface area contributed by atoms with Crippen molar-refractivity contribution in [3.05, 3.63) is 0 Å². The summed E-state index contributed by atoms with van der Waals surface area (Å²) in [4.78, 5) is 0. The quantitative estimate of drug-likeness (QED) is 0.734.